The fourth-order valence-electron chi connectivity index (χ4n) is 3.34. The lowest BCUT2D eigenvalue weighted by atomic mass is 10.0. The fraction of sp³-hybridized carbons (Fsp3) is 0.150. The first-order valence-corrected chi connectivity index (χ1v) is 8.44. The molecule has 0 saturated heterocycles. The summed E-state index contributed by atoms with van der Waals surface area (Å²) in [6, 6.07) is 7.50. The molecule has 8 heteroatoms. The molecule has 1 heterocycles. The van der Waals surface area contributed by atoms with Crippen molar-refractivity contribution < 1.29 is 17.9 Å². The molecule has 0 bridgehead atoms. The number of rotatable bonds is 4. The van der Waals surface area contributed by atoms with Crippen LogP contribution in [-0.4, -0.2) is 10.7 Å². The van der Waals surface area contributed by atoms with Gasteiger partial charge in [-0.05, 0) is 42.7 Å². The predicted octanol–water partition coefficient (Wildman–Crippen LogP) is 3.89. The standard InChI is InChI=1S/C20H14F2N4O2/c21-15-6-12-11(19(22)14(15)7-23)2-4-17(12)28-10-1-3-16(24)13(5-10)20(25)18-8-26-9-27-18/h1,3,5-6,8-9,17,25H,2,4,24H2. The number of nitrogen functional groups attached to an aromatic ring is 1. The molecule has 1 unspecified atom stereocenters. The quantitative estimate of drug-likeness (QED) is 0.527. The van der Waals surface area contributed by atoms with E-state index in [0.29, 0.717) is 41.0 Å². The van der Waals surface area contributed by atoms with E-state index in [0.717, 1.165) is 6.07 Å². The third kappa shape index (κ3) is 2.87. The maximum atomic E-state index is 14.3. The zero-order chi connectivity index (χ0) is 19.8. The van der Waals surface area contributed by atoms with E-state index in [1.165, 1.54) is 12.6 Å². The molecule has 28 heavy (non-hydrogen) atoms. The number of nitrogens with two attached hydrogens (primary N) is 1. The van der Waals surface area contributed by atoms with Gasteiger partial charge in [-0.3, -0.25) is 5.41 Å². The van der Waals surface area contributed by atoms with Crippen molar-refractivity contribution in [3.63, 3.8) is 0 Å². The van der Waals surface area contributed by atoms with E-state index >= 15 is 0 Å². The highest BCUT2D eigenvalue weighted by atomic mass is 19.1. The Hall–Kier alpha value is -3.73. The lowest BCUT2D eigenvalue weighted by Gasteiger charge is -2.17. The van der Waals surface area contributed by atoms with Crippen LogP contribution in [0, 0.1) is 28.4 Å². The van der Waals surface area contributed by atoms with Gasteiger partial charge >= 0.3 is 0 Å². The van der Waals surface area contributed by atoms with Crippen LogP contribution in [0.2, 0.25) is 0 Å². The van der Waals surface area contributed by atoms with Crippen LogP contribution in [0.25, 0.3) is 0 Å². The molecule has 0 fully saturated rings. The average molecular weight is 380 g/mol. The van der Waals surface area contributed by atoms with Gasteiger partial charge in [0.15, 0.2) is 12.2 Å². The second-order valence-electron chi connectivity index (χ2n) is 6.36. The Kier molecular flexibility index (Phi) is 4.28. The topological polar surface area (TPSA) is 109 Å². The van der Waals surface area contributed by atoms with E-state index < -0.39 is 23.3 Å². The summed E-state index contributed by atoms with van der Waals surface area (Å²) >= 11 is 0. The van der Waals surface area contributed by atoms with Crippen LogP contribution in [0.5, 0.6) is 5.75 Å². The smallest absolute Gasteiger partial charge is 0.181 e. The molecule has 1 aromatic heterocycles. The molecule has 1 aliphatic carbocycles. The number of halogens is 2. The minimum atomic E-state index is -0.903. The second-order valence-corrected chi connectivity index (χ2v) is 6.36. The monoisotopic (exact) mass is 380 g/mol. The van der Waals surface area contributed by atoms with Crippen LogP contribution in [0.3, 0.4) is 0 Å². The Morgan fingerprint density at radius 2 is 2.18 bits per heavy atom. The maximum absolute atomic E-state index is 14.3. The summed E-state index contributed by atoms with van der Waals surface area (Å²) in [5, 5.41) is 17.1. The summed E-state index contributed by atoms with van der Waals surface area (Å²) in [7, 11) is 0. The molecule has 3 N–H and O–H groups in total. The first-order chi connectivity index (χ1) is 13.5. The molecule has 2 aromatic carbocycles. The predicted molar refractivity (Wildman–Crippen MR) is 96.1 cm³/mol. The van der Waals surface area contributed by atoms with Gasteiger partial charge < -0.3 is 14.9 Å². The first-order valence-electron chi connectivity index (χ1n) is 8.44. The zero-order valence-electron chi connectivity index (χ0n) is 14.5. The first kappa shape index (κ1) is 17.7. The number of benzene rings is 2. The molecule has 0 amide bonds. The van der Waals surface area contributed by atoms with Gasteiger partial charge in [0.1, 0.15) is 40.8 Å². The summed E-state index contributed by atoms with van der Waals surface area (Å²) < 4.78 is 39.4. The number of aromatic nitrogens is 1. The summed E-state index contributed by atoms with van der Waals surface area (Å²) in [5.74, 6) is -1.08. The second kappa shape index (κ2) is 6.78. The van der Waals surface area contributed by atoms with Gasteiger partial charge in [-0.15, -0.1) is 0 Å². The van der Waals surface area contributed by atoms with Crippen molar-refractivity contribution in [1.82, 2.24) is 4.98 Å². The molecule has 4 rings (SSSR count). The molecule has 0 radical (unpaired) electrons. The molecule has 3 aromatic rings. The van der Waals surface area contributed by atoms with Crippen molar-refractivity contribution in [2.24, 2.45) is 0 Å². The number of hydrogen-bond acceptors (Lipinski definition) is 6. The summed E-state index contributed by atoms with van der Waals surface area (Å²) in [6.07, 6.45) is 2.84. The third-order valence-corrected chi connectivity index (χ3v) is 4.72. The number of nitrogens with one attached hydrogen (secondary N) is 1. The van der Waals surface area contributed by atoms with Crippen LogP contribution < -0.4 is 10.5 Å². The molecule has 1 atom stereocenters. The molecule has 0 saturated carbocycles. The van der Waals surface area contributed by atoms with Crippen molar-refractivity contribution in [3.8, 4) is 11.8 Å². The lowest BCUT2D eigenvalue weighted by molar-refractivity contribution is 0.207. The molecule has 0 aliphatic heterocycles. The Morgan fingerprint density at radius 3 is 2.89 bits per heavy atom. The highest BCUT2D eigenvalue weighted by molar-refractivity contribution is 6.12. The van der Waals surface area contributed by atoms with E-state index in [4.69, 9.17) is 25.6 Å². The maximum Gasteiger partial charge on any atom is 0.181 e. The normalized spacial score (nSPS) is 15.1. The van der Waals surface area contributed by atoms with E-state index in [1.807, 2.05) is 0 Å². The van der Waals surface area contributed by atoms with Gasteiger partial charge in [0, 0.05) is 16.8 Å². The molecule has 140 valence electrons. The molecule has 1 aliphatic rings. The zero-order valence-corrected chi connectivity index (χ0v) is 14.5. The average Bonchev–Trinajstić information content (AvgIpc) is 3.34. The number of nitriles is 1. The summed E-state index contributed by atoms with van der Waals surface area (Å²) in [4.78, 5) is 3.79. The molecule has 0 spiro atoms. The number of fused-ring (bicyclic) bond motifs is 1. The van der Waals surface area contributed by atoms with Crippen molar-refractivity contribution >= 4 is 11.4 Å². The molecule has 6 nitrogen and oxygen atoms in total. The Bertz CT molecular complexity index is 1120. The number of nitrogens with zero attached hydrogens (tertiary/aromatic N) is 2. The summed E-state index contributed by atoms with van der Waals surface area (Å²) in [5.41, 5.74) is 6.87. The lowest BCUT2D eigenvalue weighted by Crippen LogP contribution is -2.08. The fourth-order valence-corrected chi connectivity index (χ4v) is 3.34. The minimum Gasteiger partial charge on any atom is -0.486 e. The molecular formula is C20H14F2N4O2. The number of ether oxygens (including phenoxy) is 1. The Labute approximate surface area is 158 Å². The van der Waals surface area contributed by atoms with Gasteiger partial charge in [-0.2, -0.15) is 5.26 Å². The highest BCUT2D eigenvalue weighted by Gasteiger charge is 2.30. The van der Waals surface area contributed by atoms with Gasteiger partial charge in [-0.25, -0.2) is 13.8 Å². The Morgan fingerprint density at radius 1 is 1.36 bits per heavy atom. The van der Waals surface area contributed by atoms with E-state index in [1.54, 1.807) is 24.3 Å². The van der Waals surface area contributed by atoms with Crippen molar-refractivity contribution in [1.29, 1.82) is 10.7 Å². The number of oxazole rings is 1. The van der Waals surface area contributed by atoms with Gasteiger partial charge in [0.05, 0.1) is 6.20 Å². The molecular weight excluding hydrogens is 366 g/mol. The van der Waals surface area contributed by atoms with Crippen LogP contribution in [-0.2, 0) is 6.42 Å². The largest absolute Gasteiger partial charge is 0.486 e. The number of anilines is 1. The van der Waals surface area contributed by atoms with Crippen molar-refractivity contribution in [3.05, 3.63) is 76.5 Å². The van der Waals surface area contributed by atoms with E-state index in [2.05, 4.69) is 4.98 Å². The van der Waals surface area contributed by atoms with Crippen LogP contribution in [0.4, 0.5) is 14.5 Å². The summed E-state index contributed by atoms with van der Waals surface area (Å²) in [6.45, 7) is 0. The SMILES string of the molecule is N#Cc1c(F)cc2c(c1F)CCC2Oc1ccc(N)c(C(=N)c2cnco2)c1. The van der Waals surface area contributed by atoms with Crippen molar-refractivity contribution in [2.45, 2.75) is 18.9 Å². The van der Waals surface area contributed by atoms with Crippen LogP contribution in [0.15, 0.2) is 41.3 Å². The highest BCUT2D eigenvalue weighted by Crippen LogP contribution is 2.38. The number of hydrogen-bond donors (Lipinski definition) is 2. The van der Waals surface area contributed by atoms with Crippen molar-refractivity contribution in [2.75, 3.05) is 5.73 Å². The Balaban J connectivity index is 1.65. The third-order valence-electron chi connectivity index (χ3n) is 4.72. The van der Waals surface area contributed by atoms with Gasteiger partial charge in [-0.1, -0.05) is 0 Å². The van der Waals surface area contributed by atoms with Crippen LogP contribution in [0.1, 0.15) is 40.5 Å². The van der Waals surface area contributed by atoms with Crippen LogP contribution >= 0.6 is 0 Å². The van der Waals surface area contributed by atoms with Gasteiger partial charge in [0.2, 0.25) is 0 Å². The van der Waals surface area contributed by atoms with E-state index in [-0.39, 0.29) is 11.5 Å². The van der Waals surface area contributed by atoms with E-state index in [9.17, 15) is 8.78 Å². The minimum absolute atomic E-state index is 0.0445. The van der Waals surface area contributed by atoms with Gasteiger partial charge in [0.25, 0.3) is 0 Å².